The molecule has 0 aliphatic carbocycles. The number of benzene rings is 1. The summed E-state index contributed by atoms with van der Waals surface area (Å²) in [4.78, 5) is 2.02. The number of aromatic nitrogens is 1. The van der Waals surface area contributed by atoms with E-state index in [-0.39, 0.29) is 6.61 Å². The number of aryl methyl sites for hydroxylation is 1. The Balaban J connectivity index is 2.17. The number of rotatable bonds is 5. The van der Waals surface area contributed by atoms with Gasteiger partial charge in [0, 0.05) is 37.2 Å². The number of fused-ring (bicyclic) bond motifs is 1. The summed E-state index contributed by atoms with van der Waals surface area (Å²) in [6.07, 6.45) is 1.44. The Bertz CT molecular complexity index is 521. The Hall–Kier alpha value is -1.36. The zero-order chi connectivity index (χ0) is 13.1. The summed E-state index contributed by atoms with van der Waals surface area (Å²) in [5.74, 6) is 0. The molecule has 0 radical (unpaired) electrons. The molecule has 0 bridgehead atoms. The van der Waals surface area contributed by atoms with Gasteiger partial charge in [-0.25, -0.2) is 0 Å². The normalized spacial score (nSPS) is 13.4. The topological polar surface area (TPSA) is 48.6 Å². The van der Waals surface area contributed by atoms with Gasteiger partial charge in [-0.1, -0.05) is 18.2 Å². The van der Waals surface area contributed by atoms with Crippen molar-refractivity contribution in [2.24, 2.45) is 7.05 Å². The Labute approximate surface area is 107 Å². The molecule has 0 saturated heterocycles. The maximum Gasteiger partial charge on any atom is 0.0897 e. The Morgan fingerprint density at radius 3 is 2.78 bits per heavy atom. The number of hydrogen-bond donors (Lipinski definition) is 2. The van der Waals surface area contributed by atoms with Crippen LogP contribution in [0.1, 0.15) is 5.56 Å². The van der Waals surface area contributed by atoms with Gasteiger partial charge in [0.25, 0.3) is 0 Å². The number of nitrogens with zero attached hydrogens (tertiary/aromatic N) is 2. The lowest BCUT2D eigenvalue weighted by atomic mass is 10.1. The van der Waals surface area contributed by atoms with Crippen molar-refractivity contribution >= 4 is 10.9 Å². The van der Waals surface area contributed by atoms with Crippen LogP contribution in [-0.4, -0.2) is 46.0 Å². The molecule has 1 unspecified atom stereocenters. The zero-order valence-corrected chi connectivity index (χ0v) is 10.9. The lowest BCUT2D eigenvalue weighted by molar-refractivity contribution is 0.0649. The molecule has 1 heterocycles. The molecule has 4 heteroatoms. The molecule has 2 rings (SSSR count). The molecule has 0 saturated carbocycles. The largest absolute Gasteiger partial charge is 0.394 e. The first kappa shape index (κ1) is 13.1. The average Bonchev–Trinajstić information content (AvgIpc) is 2.67. The fraction of sp³-hybridized carbons (Fsp3) is 0.429. The van der Waals surface area contributed by atoms with Crippen molar-refractivity contribution < 1.29 is 10.2 Å². The quantitative estimate of drug-likeness (QED) is 0.828. The van der Waals surface area contributed by atoms with E-state index in [4.69, 9.17) is 5.11 Å². The molecule has 2 N–H and O–H groups in total. The van der Waals surface area contributed by atoms with Crippen LogP contribution in [-0.2, 0) is 13.6 Å². The highest BCUT2D eigenvalue weighted by molar-refractivity contribution is 5.83. The highest BCUT2D eigenvalue weighted by atomic mass is 16.3. The first-order valence-corrected chi connectivity index (χ1v) is 6.12. The number of likely N-dealkylation sites (N-methyl/N-ethyl adjacent to an activating group) is 1. The fourth-order valence-electron chi connectivity index (χ4n) is 2.32. The van der Waals surface area contributed by atoms with Gasteiger partial charge < -0.3 is 14.8 Å². The summed E-state index contributed by atoms with van der Waals surface area (Å²) in [5, 5.41) is 19.5. The van der Waals surface area contributed by atoms with Crippen molar-refractivity contribution in [2.45, 2.75) is 12.6 Å². The van der Waals surface area contributed by atoms with Crippen LogP contribution in [0.3, 0.4) is 0 Å². The van der Waals surface area contributed by atoms with Crippen molar-refractivity contribution in [1.29, 1.82) is 0 Å². The van der Waals surface area contributed by atoms with Gasteiger partial charge in [-0.3, -0.25) is 4.90 Å². The molecule has 0 amide bonds. The van der Waals surface area contributed by atoms with Gasteiger partial charge in [-0.2, -0.15) is 0 Å². The van der Waals surface area contributed by atoms with Crippen molar-refractivity contribution in [3.63, 3.8) is 0 Å². The molecule has 1 aromatic heterocycles. The van der Waals surface area contributed by atoms with Gasteiger partial charge in [0.1, 0.15) is 0 Å². The first-order chi connectivity index (χ1) is 8.61. The summed E-state index contributed by atoms with van der Waals surface area (Å²) >= 11 is 0. The van der Waals surface area contributed by atoms with Crippen LogP contribution >= 0.6 is 0 Å². The summed E-state index contributed by atoms with van der Waals surface area (Å²) in [5.41, 5.74) is 2.45. The number of hydrogen-bond acceptors (Lipinski definition) is 3. The first-order valence-electron chi connectivity index (χ1n) is 6.12. The molecule has 0 aliphatic heterocycles. The second-order valence-corrected chi connectivity index (χ2v) is 4.82. The maximum atomic E-state index is 9.43. The predicted molar refractivity (Wildman–Crippen MR) is 72.3 cm³/mol. The maximum absolute atomic E-state index is 9.43. The Morgan fingerprint density at radius 1 is 1.33 bits per heavy atom. The zero-order valence-electron chi connectivity index (χ0n) is 10.9. The third-order valence-corrected chi connectivity index (χ3v) is 3.15. The molecule has 1 aromatic carbocycles. The van der Waals surface area contributed by atoms with E-state index in [1.807, 2.05) is 31.1 Å². The Kier molecular flexibility index (Phi) is 4.01. The highest BCUT2D eigenvalue weighted by Gasteiger charge is 2.11. The summed E-state index contributed by atoms with van der Waals surface area (Å²) in [7, 11) is 3.98. The smallest absolute Gasteiger partial charge is 0.0897 e. The van der Waals surface area contributed by atoms with E-state index in [0.717, 1.165) is 6.54 Å². The van der Waals surface area contributed by atoms with Gasteiger partial charge in [0.05, 0.1) is 12.7 Å². The van der Waals surface area contributed by atoms with Gasteiger partial charge in [0.15, 0.2) is 0 Å². The van der Waals surface area contributed by atoms with Crippen LogP contribution < -0.4 is 0 Å². The number of aliphatic hydroxyl groups is 2. The molecule has 0 fully saturated rings. The molecule has 0 spiro atoms. The monoisotopic (exact) mass is 248 g/mol. The lowest BCUT2D eigenvalue weighted by Gasteiger charge is -2.18. The average molecular weight is 248 g/mol. The minimum absolute atomic E-state index is 0.195. The molecule has 1 atom stereocenters. The van der Waals surface area contributed by atoms with E-state index in [1.54, 1.807) is 0 Å². The molecular weight excluding hydrogens is 228 g/mol. The minimum atomic E-state index is -0.676. The minimum Gasteiger partial charge on any atom is -0.394 e. The van der Waals surface area contributed by atoms with Crippen LogP contribution in [0.25, 0.3) is 10.9 Å². The summed E-state index contributed by atoms with van der Waals surface area (Å²) in [6.45, 7) is 1.04. The lowest BCUT2D eigenvalue weighted by Crippen LogP contribution is -2.30. The van der Waals surface area contributed by atoms with Crippen LogP contribution in [0, 0.1) is 0 Å². The van der Waals surface area contributed by atoms with Gasteiger partial charge in [-0.05, 0) is 18.7 Å². The van der Waals surface area contributed by atoms with Gasteiger partial charge in [0.2, 0.25) is 0 Å². The van der Waals surface area contributed by atoms with Gasteiger partial charge >= 0.3 is 0 Å². The van der Waals surface area contributed by atoms with E-state index < -0.39 is 6.10 Å². The van der Waals surface area contributed by atoms with E-state index >= 15 is 0 Å². The third kappa shape index (κ3) is 2.72. The van der Waals surface area contributed by atoms with E-state index in [0.29, 0.717) is 6.54 Å². The standard InChI is InChI=1S/C14H20N2O2/c1-15(9-12(18)10-17)7-11-8-16(2)14-6-4-3-5-13(11)14/h3-6,8,12,17-18H,7,9-10H2,1-2H3. The third-order valence-electron chi connectivity index (χ3n) is 3.15. The number of para-hydroxylation sites is 1. The molecule has 18 heavy (non-hydrogen) atoms. The van der Waals surface area contributed by atoms with Crippen LogP contribution in [0.5, 0.6) is 0 Å². The SMILES string of the molecule is CN(Cc1cn(C)c2ccccc12)CC(O)CO. The second kappa shape index (κ2) is 5.52. The summed E-state index contributed by atoms with van der Waals surface area (Å²) in [6, 6.07) is 8.28. The van der Waals surface area contributed by atoms with E-state index in [1.165, 1.54) is 16.5 Å². The second-order valence-electron chi connectivity index (χ2n) is 4.82. The fourth-order valence-corrected chi connectivity index (χ4v) is 2.32. The number of aliphatic hydroxyl groups excluding tert-OH is 2. The van der Waals surface area contributed by atoms with Crippen LogP contribution in [0.4, 0.5) is 0 Å². The molecule has 0 aliphatic rings. The molecular formula is C14H20N2O2. The summed E-state index contributed by atoms with van der Waals surface area (Å²) < 4.78 is 2.11. The van der Waals surface area contributed by atoms with Crippen LogP contribution in [0.2, 0.25) is 0 Å². The van der Waals surface area contributed by atoms with Crippen molar-refractivity contribution in [3.05, 3.63) is 36.0 Å². The predicted octanol–water partition coefficient (Wildman–Crippen LogP) is 0.963. The van der Waals surface area contributed by atoms with Crippen molar-refractivity contribution in [2.75, 3.05) is 20.2 Å². The van der Waals surface area contributed by atoms with Gasteiger partial charge in [-0.15, -0.1) is 0 Å². The van der Waals surface area contributed by atoms with Crippen molar-refractivity contribution in [1.82, 2.24) is 9.47 Å². The molecule has 2 aromatic rings. The molecule has 98 valence electrons. The van der Waals surface area contributed by atoms with Crippen LogP contribution in [0.15, 0.2) is 30.5 Å². The van der Waals surface area contributed by atoms with E-state index in [2.05, 4.69) is 22.9 Å². The van der Waals surface area contributed by atoms with E-state index in [9.17, 15) is 5.11 Å². The Morgan fingerprint density at radius 2 is 2.06 bits per heavy atom. The molecule has 4 nitrogen and oxygen atoms in total. The highest BCUT2D eigenvalue weighted by Crippen LogP contribution is 2.21. The van der Waals surface area contributed by atoms with Crippen molar-refractivity contribution in [3.8, 4) is 0 Å².